The number of ether oxygens (including phenoxy) is 1. The van der Waals surface area contributed by atoms with Gasteiger partial charge in [-0.1, -0.05) is 43.0 Å². The summed E-state index contributed by atoms with van der Waals surface area (Å²) < 4.78 is 48.1. The lowest BCUT2D eigenvalue weighted by atomic mass is 10.2. The number of hydrogen-bond donors (Lipinski definition) is 0. The summed E-state index contributed by atoms with van der Waals surface area (Å²) in [6.45, 7) is 3.93. The minimum absolute atomic E-state index is 0.216. The smallest absolute Gasteiger partial charge is 0.243 e. The number of benzene rings is 2. The fourth-order valence-corrected chi connectivity index (χ4v) is 5.50. The van der Waals surface area contributed by atoms with Crippen LogP contribution in [0.25, 0.3) is 11.4 Å². The van der Waals surface area contributed by atoms with E-state index in [1.165, 1.54) is 16.4 Å². The van der Waals surface area contributed by atoms with Gasteiger partial charge < -0.3 is 4.74 Å². The summed E-state index contributed by atoms with van der Waals surface area (Å²) in [5.74, 6) is 1.09. The molecule has 0 atom stereocenters. The van der Waals surface area contributed by atoms with Crippen molar-refractivity contribution >= 4 is 21.8 Å². The normalized spacial score (nSPS) is 15.3. The van der Waals surface area contributed by atoms with Crippen LogP contribution in [0.1, 0.15) is 12.5 Å². The molecule has 7 nitrogen and oxygen atoms in total. The predicted molar refractivity (Wildman–Crippen MR) is 117 cm³/mol. The molecular formula is C21H23FN4O3S2. The van der Waals surface area contributed by atoms with Crippen molar-refractivity contribution in [1.82, 2.24) is 19.1 Å². The number of morpholine rings is 1. The van der Waals surface area contributed by atoms with E-state index in [0.29, 0.717) is 44.2 Å². The molecule has 0 saturated carbocycles. The fourth-order valence-electron chi connectivity index (χ4n) is 3.38. The molecule has 3 aromatic rings. The Bertz CT molecular complexity index is 1140. The minimum atomic E-state index is -3.62. The average molecular weight is 463 g/mol. The molecule has 4 rings (SSSR count). The minimum Gasteiger partial charge on any atom is -0.379 e. The SMILES string of the molecule is CCSc1nnc(-c2cccc(S(=O)(=O)N3CCOCC3)c2)n1Cc1ccc(F)cc1. The molecule has 0 aliphatic carbocycles. The first-order chi connectivity index (χ1) is 15.0. The predicted octanol–water partition coefficient (Wildman–Crippen LogP) is 3.27. The molecule has 2 aromatic carbocycles. The van der Waals surface area contributed by atoms with Crippen LogP contribution >= 0.6 is 11.8 Å². The lowest BCUT2D eigenvalue weighted by Crippen LogP contribution is -2.40. The number of sulfonamides is 1. The molecule has 0 N–H and O–H groups in total. The van der Waals surface area contributed by atoms with Gasteiger partial charge in [0, 0.05) is 18.7 Å². The summed E-state index contributed by atoms with van der Waals surface area (Å²) in [7, 11) is -3.62. The van der Waals surface area contributed by atoms with Crippen LogP contribution in [0.4, 0.5) is 4.39 Å². The molecule has 31 heavy (non-hydrogen) atoms. The Morgan fingerprint density at radius 1 is 1.10 bits per heavy atom. The number of rotatable bonds is 7. The molecule has 0 radical (unpaired) electrons. The molecule has 2 heterocycles. The molecule has 1 saturated heterocycles. The van der Waals surface area contributed by atoms with E-state index >= 15 is 0 Å². The maximum Gasteiger partial charge on any atom is 0.243 e. The van der Waals surface area contributed by atoms with Gasteiger partial charge in [0.2, 0.25) is 10.0 Å². The zero-order chi connectivity index (χ0) is 21.8. The van der Waals surface area contributed by atoms with E-state index in [4.69, 9.17) is 4.74 Å². The van der Waals surface area contributed by atoms with Gasteiger partial charge in [0.15, 0.2) is 11.0 Å². The Balaban J connectivity index is 1.71. The first-order valence-electron chi connectivity index (χ1n) is 9.98. The Morgan fingerprint density at radius 3 is 2.55 bits per heavy atom. The summed E-state index contributed by atoms with van der Waals surface area (Å²) in [6.07, 6.45) is 0. The van der Waals surface area contributed by atoms with E-state index in [1.807, 2.05) is 17.6 Å². The van der Waals surface area contributed by atoms with Crippen molar-refractivity contribution in [2.75, 3.05) is 32.1 Å². The number of halogens is 1. The van der Waals surface area contributed by atoms with Crippen molar-refractivity contribution in [3.63, 3.8) is 0 Å². The highest BCUT2D eigenvalue weighted by Gasteiger charge is 2.27. The van der Waals surface area contributed by atoms with Crippen LogP contribution in [0.3, 0.4) is 0 Å². The second-order valence-electron chi connectivity index (χ2n) is 7.00. The zero-order valence-corrected chi connectivity index (χ0v) is 18.7. The number of hydrogen-bond acceptors (Lipinski definition) is 6. The van der Waals surface area contributed by atoms with Crippen LogP contribution in [-0.4, -0.2) is 59.5 Å². The summed E-state index contributed by atoms with van der Waals surface area (Å²) in [5.41, 5.74) is 1.56. The van der Waals surface area contributed by atoms with E-state index in [-0.39, 0.29) is 10.7 Å². The van der Waals surface area contributed by atoms with Crippen molar-refractivity contribution in [2.24, 2.45) is 0 Å². The molecule has 1 aliphatic heterocycles. The largest absolute Gasteiger partial charge is 0.379 e. The summed E-state index contributed by atoms with van der Waals surface area (Å²) in [5, 5.41) is 9.37. The molecule has 0 spiro atoms. The zero-order valence-electron chi connectivity index (χ0n) is 17.1. The quantitative estimate of drug-likeness (QED) is 0.502. The third-order valence-electron chi connectivity index (χ3n) is 4.94. The Kier molecular flexibility index (Phi) is 6.71. The van der Waals surface area contributed by atoms with E-state index in [0.717, 1.165) is 16.5 Å². The summed E-state index contributed by atoms with van der Waals surface area (Å²) in [6, 6.07) is 13.0. The summed E-state index contributed by atoms with van der Waals surface area (Å²) in [4.78, 5) is 0.216. The second-order valence-corrected chi connectivity index (χ2v) is 10.2. The molecule has 1 aliphatic rings. The monoisotopic (exact) mass is 462 g/mol. The van der Waals surface area contributed by atoms with Gasteiger partial charge in [0.25, 0.3) is 0 Å². The fraction of sp³-hybridized carbons (Fsp3) is 0.333. The van der Waals surface area contributed by atoms with Gasteiger partial charge in [-0.15, -0.1) is 10.2 Å². The highest BCUT2D eigenvalue weighted by atomic mass is 32.2. The maximum absolute atomic E-state index is 13.3. The van der Waals surface area contributed by atoms with Crippen LogP contribution in [-0.2, 0) is 21.3 Å². The van der Waals surface area contributed by atoms with Crippen LogP contribution in [0.5, 0.6) is 0 Å². The van der Waals surface area contributed by atoms with Crippen molar-refractivity contribution in [3.05, 3.63) is 59.9 Å². The second kappa shape index (κ2) is 9.47. The van der Waals surface area contributed by atoms with Gasteiger partial charge in [-0.05, 0) is 35.6 Å². The summed E-state index contributed by atoms with van der Waals surface area (Å²) >= 11 is 1.55. The molecule has 0 amide bonds. The van der Waals surface area contributed by atoms with Crippen molar-refractivity contribution in [2.45, 2.75) is 23.5 Å². The number of nitrogens with zero attached hydrogens (tertiary/aromatic N) is 4. The van der Waals surface area contributed by atoms with Crippen molar-refractivity contribution < 1.29 is 17.5 Å². The molecule has 1 fully saturated rings. The highest BCUT2D eigenvalue weighted by Crippen LogP contribution is 2.28. The molecule has 164 valence electrons. The number of thioether (sulfide) groups is 1. The van der Waals surface area contributed by atoms with Gasteiger partial charge >= 0.3 is 0 Å². The van der Waals surface area contributed by atoms with Gasteiger partial charge in [-0.3, -0.25) is 4.57 Å². The molecular weight excluding hydrogens is 439 g/mol. The third kappa shape index (κ3) is 4.82. The maximum atomic E-state index is 13.3. The van der Waals surface area contributed by atoms with Gasteiger partial charge in [-0.2, -0.15) is 4.31 Å². The molecule has 0 bridgehead atoms. The van der Waals surface area contributed by atoms with Crippen LogP contribution < -0.4 is 0 Å². The van der Waals surface area contributed by atoms with E-state index in [9.17, 15) is 12.8 Å². The lowest BCUT2D eigenvalue weighted by Gasteiger charge is -2.26. The van der Waals surface area contributed by atoms with Crippen LogP contribution in [0.15, 0.2) is 58.6 Å². The van der Waals surface area contributed by atoms with Crippen LogP contribution in [0, 0.1) is 5.82 Å². The molecule has 10 heteroatoms. The highest BCUT2D eigenvalue weighted by molar-refractivity contribution is 7.99. The Hall–Kier alpha value is -2.27. The van der Waals surface area contributed by atoms with Gasteiger partial charge in [0.05, 0.1) is 24.7 Å². The standard InChI is InChI=1S/C21H23FN4O3S2/c1-2-30-21-24-23-20(26(21)15-16-6-8-18(22)9-7-16)17-4-3-5-19(14-17)31(27,28)25-10-12-29-13-11-25/h3-9,14H,2,10-13,15H2,1H3. The van der Waals surface area contributed by atoms with E-state index < -0.39 is 10.0 Å². The van der Waals surface area contributed by atoms with Gasteiger partial charge in [0.1, 0.15) is 5.82 Å². The van der Waals surface area contributed by atoms with Gasteiger partial charge in [-0.25, -0.2) is 12.8 Å². The Morgan fingerprint density at radius 2 is 1.84 bits per heavy atom. The van der Waals surface area contributed by atoms with Crippen molar-refractivity contribution in [1.29, 1.82) is 0 Å². The number of aromatic nitrogens is 3. The topological polar surface area (TPSA) is 77.3 Å². The molecule has 0 unspecified atom stereocenters. The molecule has 1 aromatic heterocycles. The lowest BCUT2D eigenvalue weighted by molar-refractivity contribution is 0.0730. The first-order valence-corrected chi connectivity index (χ1v) is 12.4. The van der Waals surface area contributed by atoms with E-state index in [2.05, 4.69) is 10.2 Å². The third-order valence-corrected chi connectivity index (χ3v) is 7.69. The first kappa shape index (κ1) is 21.9. The average Bonchev–Trinajstić information content (AvgIpc) is 3.18. The Labute approximate surface area is 185 Å². The van der Waals surface area contributed by atoms with E-state index in [1.54, 1.807) is 42.1 Å². The van der Waals surface area contributed by atoms with Crippen molar-refractivity contribution in [3.8, 4) is 11.4 Å². The van der Waals surface area contributed by atoms with Crippen LogP contribution in [0.2, 0.25) is 0 Å².